The molecule has 0 saturated carbocycles. The van der Waals surface area contributed by atoms with Gasteiger partial charge in [-0.05, 0) is 54.0 Å². The molecule has 2 heteroatoms. The summed E-state index contributed by atoms with van der Waals surface area (Å²) in [4.78, 5) is 0. The quantitative estimate of drug-likeness (QED) is 0.655. The normalized spacial score (nSPS) is 12.3. The van der Waals surface area contributed by atoms with Crippen molar-refractivity contribution in [2.45, 2.75) is 26.2 Å². The maximum atomic E-state index is 13.2. The van der Waals surface area contributed by atoms with Gasteiger partial charge < -0.3 is 0 Å². The molecule has 0 saturated heterocycles. The van der Waals surface area contributed by atoms with Gasteiger partial charge in [0.1, 0.15) is 5.82 Å². The van der Waals surface area contributed by atoms with Crippen LogP contribution in [-0.2, 0) is 19.3 Å². The van der Waals surface area contributed by atoms with Gasteiger partial charge in [-0.2, -0.15) is 0 Å². The highest BCUT2D eigenvalue weighted by molar-refractivity contribution is 6.18. The average molecular weight is 291 g/mol. The average Bonchev–Trinajstić information content (AvgIpc) is 2.47. The minimum atomic E-state index is -0.178. The third kappa shape index (κ3) is 4.35. The summed E-state index contributed by atoms with van der Waals surface area (Å²) >= 11 is 6.07. The number of aryl methyl sites for hydroxylation is 1. The van der Waals surface area contributed by atoms with Gasteiger partial charge in [-0.15, -0.1) is 11.6 Å². The van der Waals surface area contributed by atoms with Gasteiger partial charge in [-0.3, -0.25) is 0 Å². The first-order valence-electron chi connectivity index (χ1n) is 7.09. The second-order valence-corrected chi connectivity index (χ2v) is 5.54. The van der Waals surface area contributed by atoms with Gasteiger partial charge in [-0.1, -0.05) is 43.3 Å². The lowest BCUT2D eigenvalue weighted by molar-refractivity contribution is 0.576. The number of alkyl halides is 1. The van der Waals surface area contributed by atoms with Crippen LogP contribution in [0.2, 0.25) is 0 Å². The summed E-state index contributed by atoms with van der Waals surface area (Å²) in [5, 5.41) is 0. The van der Waals surface area contributed by atoms with Gasteiger partial charge in [0.2, 0.25) is 0 Å². The molecule has 0 amide bonds. The second-order valence-electron chi connectivity index (χ2n) is 5.23. The van der Waals surface area contributed by atoms with E-state index in [0.717, 1.165) is 24.8 Å². The number of hydrogen-bond acceptors (Lipinski definition) is 0. The van der Waals surface area contributed by atoms with Gasteiger partial charge in [0.25, 0.3) is 0 Å². The lowest BCUT2D eigenvalue weighted by atomic mass is 9.93. The van der Waals surface area contributed by atoms with Crippen molar-refractivity contribution in [3.8, 4) is 0 Å². The Morgan fingerprint density at radius 2 is 1.60 bits per heavy atom. The molecule has 1 atom stereocenters. The van der Waals surface area contributed by atoms with E-state index in [1.54, 1.807) is 12.1 Å². The molecule has 1 unspecified atom stereocenters. The molecule has 0 nitrogen and oxygen atoms in total. The molecule has 0 N–H and O–H groups in total. The first-order valence-corrected chi connectivity index (χ1v) is 7.63. The largest absolute Gasteiger partial charge is 0.207 e. The van der Waals surface area contributed by atoms with Crippen LogP contribution in [0.4, 0.5) is 4.39 Å². The van der Waals surface area contributed by atoms with Crippen molar-refractivity contribution in [1.29, 1.82) is 0 Å². The Morgan fingerprint density at radius 1 is 0.950 bits per heavy atom. The van der Waals surface area contributed by atoms with Crippen LogP contribution in [0.25, 0.3) is 0 Å². The van der Waals surface area contributed by atoms with Crippen molar-refractivity contribution in [1.82, 2.24) is 0 Å². The standard InChI is InChI=1S/C18H20ClF/c1-2-14-6-8-15(9-7-14)10-17(13-19)11-16-4-3-5-18(20)12-16/h3-9,12,17H,2,10-11,13H2,1H3. The second kappa shape index (κ2) is 7.44. The molecule has 0 bridgehead atoms. The monoisotopic (exact) mass is 290 g/mol. The van der Waals surface area contributed by atoms with Crippen molar-refractivity contribution in [3.05, 3.63) is 71.0 Å². The van der Waals surface area contributed by atoms with E-state index in [1.165, 1.54) is 17.2 Å². The first kappa shape index (κ1) is 15.1. The fourth-order valence-electron chi connectivity index (χ4n) is 2.42. The SMILES string of the molecule is CCc1ccc(CC(CCl)Cc2cccc(F)c2)cc1. The number of benzene rings is 2. The summed E-state index contributed by atoms with van der Waals surface area (Å²) in [5.74, 6) is 0.750. The van der Waals surface area contributed by atoms with Crippen molar-refractivity contribution in [3.63, 3.8) is 0 Å². The Hall–Kier alpha value is -1.34. The highest BCUT2D eigenvalue weighted by Gasteiger charge is 2.10. The lowest BCUT2D eigenvalue weighted by Crippen LogP contribution is -2.10. The summed E-state index contributed by atoms with van der Waals surface area (Å²) in [6.45, 7) is 2.15. The topological polar surface area (TPSA) is 0 Å². The molecule has 0 aromatic heterocycles. The molecule has 2 aromatic carbocycles. The molecule has 0 aliphatic rings. The van der Waals surface area contributed by atoms with Gasteiger partial charge in [0, 0.05) is 5.88 Å². The molecular formula is C18H20ClF. The van der Waals surface area contributed by atoms with Crippen molar-refractivity contribution < 1.29 is 4.39 Å². The van der Waals surface area contributed by atoms with Crippen LogP contribution in [0, 0.1) is 11.7 Å². The molecule has 20 heavy (non-hydrogen) atoms. The fraction of sp³-hybridized carbons (Fsp3) is 0.333. The van der Waals surface area contributed by atoms with E-state index in [0.29, 0.717) is 11.8 Å². The Labute approximate surface area is 125 Å². The number of rotatable bonds is 6. The highest BCUT2D eigenvalue weighted by Crippen LogP contribution is 2.17. The van der Waals surface area contributed by atoms with Gasteiger partial charge in [-0.25, -0.2) is 4.39 Å². The zero-order valence-corrected chi connectivity index (χ0v) is 12.5. The Bertz CT molecular complexity index is 533. The van der Waals surface area contributed by atoms with Gasteiger partial charge in [0.15, 0.2) is 0 Å². The van der Waals surface area contributed by atoms with Crippen LogP contribution >= 0.6 is 11.6 Å². The maximum Gasteiger partial charge on any atom is 0.123 e. The van der Waals surface area contributed by atoms with E-state index in [4.69, 9.17) is 11.6 Å². The lowest BCUT2D eigenvalue weighted by Gasteiger charge is -2.14. The molecule has 0 heterocycles. The van der Waals surface area contributed by atoms with Gasteiger partial charge >= 0.3 is 0 Å². The van der Waals surface area contributed by atoms with Crippen LogP contribution in [-0.4, -0.2) is 5.88 Å². The predicted octanol–water partition coefficient (Wildman–Crippen LogP) is 5.03. The third-order valence-corrected chi connectivity index (χ3v) is 4.02. The molecule has 0 fully saturated rings. The summed E-state index contributed by atoms with van der Waals surface area (Å²) < 4.78 is 13.2. The van der Waals surface area contributed by atoms with Crippen molar-refractivity contribution >= 4 is 11.6 Å². The smallest absolute Gasteiger partial charge is 0.123 e. The van der Waals surface area contributed by atoms with E-state index < -0.39 is 0 Å². The van der Waals surface area contributed by atoms with Crippen LogP contribution < -0.4 is 0 Å². The zero-order valence-electron chi connectivity index (χ0n) is 11.8. The van der Waals surface area contributed by atoms with Crippen LogP contribution in [0.5, 0.6) is 0 Å². The van der Waals surface area contributed by atoms with Crippen LogP contribution in [0.3, 0.4) is 0 Å². The minimum Gasteiger partial charge on any atom is -0.207 e. The Balaban J connectivity index is 2.01. The van der Waals surface area contributed by atoms with E-state index >= 15 is 0 Å². The molecule has 2 rings (SSSR count). The summed E-state index contributed by atoms with van der Waals surface area (Å²) in [6.07, 6.45) is 2.81. The number of halogens is 2. The molecule has 2 aromatic rings. The summed E-state index contributed by atoms with van der Waals surface area (Å²) in [5.41, 5.74) is 3.66. The van der Waals surface area contributed by atoms with Crippen molar-refractivity contribution in [2.24, 2.45) is 5.92 Å². The van der Waals surface area contributed by atoms with E-state index in [-0.39, 0.29) is 5.82 Å². The Kier molecular flexibility index (Phi) is 5.60. The molecule has 0 radical (unpaired) electrons. The molecule has 106 valence electrons. The first-order chi connectivity index (χ1) is 9.71. The third-order valence-electron chi connectivity index (χ3n) is 3.59. The fourth-order valence-corrected chi connectivity index (χ4v) is 2.64. The summed E-state index contributed by atoms with van der Waals surface area (Å²) in [6, 6.07) is 15.5. The zero-order chi connectivity index (χ0) is 14.4. The Morgan fingerprint density at radius 3 is 2.20 bits per heavy atom. The predicted molar refractivity (Wildman–Crippen MR) is 83.8 cm³/mol. The van der Waals surface area contributed by atoms with E-state index in [9.17, 15) is 4.39 Å². The van der Waals surface area contributed by atoms with Crippen LogP contribution in [0.15, 0.2) is 48.5 Å². The maximum absolute atomic E-state index is 13.2. The van der Waals surface area contributed by atoms with Gasteiger partial charge in [0.05, 0.1) is 0 Å². The van der Waals surface area contributed by atoms with E-state index in [2.05, 4.69) is 31.2 Å². The highest BCUT2D eigenvalue weighted by atomic mass is 35.5. The molecule has 0 spiro atoms. The van der Waals surface area contributed by atoms with E-state index in [1.807, 2.05) is 6.07 Å². The van der Waals surface area contributed by atoms with Crippen molar-refractivity contribution in [2.75, 3.05) is 5.88 Å². The minimum absolute atomic E-state index is 0.178. The number of hydrogen-bond donors (Lipinski definition) is 0. The molecule has 0 aliphatic carbocycles. The van der Waals surface area contributed by atoms with Crippen LogP contribution in [0.1, 0.15) is 23.6 Å². The summed E-state index contributed by atoms with van der Waals surface area (Å²) in [7, 11) is 0. The molecular weight excluding hydrogens is 271 g/mol. The molecule has 0 aliphatic heterocycles.